The summed E-state index contributed by atoms with van der Waals surface area (Å²) in [7, 11) is 0. The molecular formula is C12H17IN2O3. The number of hydrogen-bond acceptors (Lipinski definition) is 3. The van der Waals surface area contributed by atoms with Crippen LogP contribution in [0, 0.1) is 20.6 Å². The van der Waals surface area contributed by atoms with Gasteiger partial charge < -0.3 is 4.57 Å². The van der Waals surface area contributed by atoms with E-state index in [0.717, 1.165) is 29.3 Å². The van der Waals surface area contributed by atoms with E-state index >= 15 is 0 Å². The molecule has 5 nitrogen and oxygen atoms in total. The molecule has 0 radical (unpaired) electrons. The van der Waals surface area contributed by atoms with Crippen molar-refractivity contribution in [2.75, 3.05) is 0 Å². The van der Waals surface area contributed by atoms with Gasteiger partial charge in [0.05, 0.1) is 4.92 Å². The fourth-order valence-electron chi connectivity index (χ4n) is 1.79. The van der Waals surface area contributed by atoms with Gasteiger partial charge >= 0.3 is 11.2 Å². The molecule has 6 heteroatoms. The highest BCUT2D eigenvalue weighted by Gasteiger charge is 2.20. The molecule has 0 amide bonds. The van der Waals surface area contributed by atoms with Crippen molar-refractivity contribution < 1.29 is 4.92 Å². The van der Waals surface area contributed by atoms with Gasteiger partial charge in [-0.05, 0) is 35.9 Å². The lowest BCUT2D eigenvalue weighted by Gasteiger charge is -2.08. The largest absolute Gasteiger partial charge is 0.338 e. The van der Waals surface area contributed by atoms with Crippen LogP contribution in [0.3, 0.4) is 0 Å². The number of pyridine rings is 1. The second-order valence-electron chi connectivity index (χ2n) is 4.27. The number of nitrogens with zero attached hydrogens (tertiary/aromatic N) is 2. The monoisotopic (exact) mass is 364 g/mol. The predicted molar refractivity (Wildman–Crippen MR) is 79.0 cm³/mol. The molecule has 0 saturated carbocycles. The zero-order chi connectivity index (χ0) is 13.7. The summed E-state index contributed by atoms with van der Waals surface area (Å²) in [6.07, 6.45) is 5.88. The number of unbranched alkanes of at least 4 members (excludes halogenated alkanes) is 3. The van der Waals surface area contributed by atoms with E-state index in [2.05, 4.69) is 6.92 Å². The SMILES string of the molecule is CCCCCCn1cc(I)c(C)c([N+](=O)[O-])c1=O. The van der Waals surface area contributed by atoms with Crippen LogP contribution in [0.15, 0.2) is 11.0 Å². The van der Waals surface area contributed by atoms with E-state index in [9.17, 15) is 14.9 Å². The molecule has 0 aromatic carbocycles. The van der Waals surface area contributed by atoms with Gasteiger partial charge in [-0.1, -0.05) is 26.2 Å². The average Bonchev–Trinajstić information content (AvgIpc) is 2.30. The molecule has 1 aromatic rings. The molecule has 1 heterocycles. The van der Waals surface area contributed by atoms with Crippen molar-refractivity contribution >= 4 is 28.3 Å². The van der Waals surface area contributed by atoms with E-state index in [0.29, 0.717) is 12.1 Å². The van der Waals surface area contributed by atoms with Crippen molar-refractivity contribution in [3.8, 4) is 0 Å². The normalized spacial score (nSPS) is 10.6. The molecule has 0 aliphatic heterocycles. The third-order valence-corrected chi connectivity index (χ3v) is 3.97. The van der Waals surface area contributed by atoms with Gasteiger partial charge in [-0.25, -0.2) is 0 Å². The summed E-state index contributed by atoms with van der Waals surface area (Å²) in [5, 5.41) is 10.9. The van der Waals surface area contributed by atoms with Crippen LogP contribution in [-0.2, 0) is 6.54 Å². The fourth-order valence-corrected chi connectivity index (χ4v) is 2.38. The number of halogens is 1. The Labute approximate surface area is 119 Å². The number of rotatable bonds is 6. The van der Waals surface area contributed by atoms with E-state index in [4.69, 9.17) is 0 Å². The lowest BCUT2D eigenvalue weighted by molar-refractivity contribution is -0.387. The Bertz CT molecular complexity index is 497. The van der Waals surface area contributed by atoms with Crippen LogP contribution >= 0.6 is 22.6 Å². The molecule has 0 saturated heterocycles. The summed E-state index contributed by atoms with van der Waals surface area (Å²) >= 11 is 2.03. The highest BCUT2D eigenvalue weighted by Crippen LogP contribution is 2.18. The van der Waals surface area contributed by atoms with Crippen molar-refractivity contribution in [1.29, 1.82) is 0 Å². The van der Waals surface area contributed by atoms with Gasteiger partial charge in [-0.2, -0.15) is 0 Å². The van der Waals surface area contributed by atoms with Crippen LogP contribution in [0.25, 0.3) is 0 Å². The molecule has 1 aromatic heterocycles. The van der Waals surface area contributed by atoms with Crippen LogP contribution < -0.4 is 5.56 Å². The number of aromatic nitrogens is 1. The summed E-state index contributed by atoms with van der Waals surface area (Å²) in [4.78, 5) is 22.3. The Balaban J connectivity index is 3.00. The zero-order valence-corrected chi connectivity index (χ0v) is 12.8. The maximum atomic E-state index is 12.0. The molecule has 0 fully saturated rings. The highest BCUT2D eigenvalue weighted by molar-refractivity contribution is 14.1. The molecular weight excluding hydrogens is 347 g/mol. The molecule has 0 aliphatic carbocycles. The smallest absolute Gasteiger partial charge is 0.309 e. The van der Waals surface area contributed by atoms with Gasteiger partial charge in [0.15, 0.2) is 0 Å². The minimum Gasteiger partial charge on any atom is -0.309 e. The molecule has 1 rings (SSSR count). The third-order valence-electron chi connectivity index (χ3n) is 2.88. The van der Waals surface area contributed by atoms with Crippen LogP contribution in [0.1, 0.15) is 38.2 Å². The highest BCUT2D eigenvalue weighted by atomic mass is 127. The standard InChI is InChI=1S/C12H17IN2O3/c1-3-4-5-6-7-14-8-10(13)9(2)11(12(14)16)15(17)18/h8H,3-7H2,1-2H3. The second kappa shape index (κ2) is 6.86. The summed E-state index contributed by atoms with van der Waals surface area (Å²) < 4.78 is 2.22. The topological polar surface area (TPSA) is 65.1 Å². The van der Waals surface area contributed by atoms with Crippen molar-refractivity contribution in [2.24, 2.45) is 0 Å². The van der Waals surface area contributed by atoms with Gasteiger partial charge in [0.25, 0.3) is 0 Å². The van der Waals surface area contributed by atoms with Gasteiger partial charge in [0, 0.05) is 21.9 Å². The number of aryl methyl sites for hydroxylation is 1. The summed E-state index contributed by atoms with van der Waals surface area (Å²) in [6.45, 7) is 4.28. The number of nitro groups is 1. The zero-order valence-electron chi connectivity index (χ0n) is 10.6. The molecule has 0 N–H and O–H groups in total. The first-order valence-corrected chi connectivity index (χ1v) is 7.10. The van der Waals surface area contributed by atoms with Gasteiger partial charge in [0.1, 0.15) is 0 Å². The first kappa shape index (κ1) is 15.1. The van der Waals surface area contributed by atoms with Crippen molar-refractivity contribution in [3.63, 3.8) is 0 Å². The lowest BCUT2D eigenvalue weighted by Crippen LogP contribution is -2.24. The fraction of sp³-hybridized carbons (Fsp3) is 0.583. The van der Waals surface area contributed by atoms with Crippen LogP contribution in [0.2, 0.25) is 0 Å². The minimum atomic E-state index is -0.581. The third kappa shape index (κ3) is 3.54. The van der Waals surface area contributed by atoms with E-state index in [1.165, 1.54) is 4.57 Å². The van der Waals surface area contributed by atoms with Crippen molar-refractivity contribution in [3.05, 3.63) is 35.8 Å². The van der Waals surface area contributed by atoms with Crippen molar-refractivity contribution in [2.45, 2.75) is 46.1 Å². The van der Waals surface area contributed by atoms with Crippen molar-refractivity contribution in [1.82, 2.24) is 4.57 Å². The quantitative estimate of drug-likeness (QED) is 0.337. The lowest BCUT2D eigenvalue weighted by atomic mass is 10.2. The van der Waals surface area contributed by atoms with Gasteiger partial charge in [0.2, 0.25) is 0 Å². The second-order valence-corrected chi connectivity index (χ2v) is 5.43. The van der Waals surface area contributed by atoms with Crippen LogP contribution in [0.5, 0.6) is 0 Å². The summed E-state index contributed by atoms with van der Waals surface area (Å²) in [6, 6.07) is 0. The van der Waals surface area contributed by atoms with Gasteiger partial charge in [-0.3, -0.25) is 14.9 Å². The molecule has 0 atom stereocenters. The maximum absolute atomic E-state index is 12.0. The number of hydrogen-bond donors (Lipinski definition) is 0. The Morgan fingerprint density at radius 1 is 1.39 bits per heavy atom. The van der Waals surface area contributed by atoms with Crippen LogP contribution in [-0.4, -0.2) is 9.49 Å². The first-order chi connectivity index (χ1) is 8.49. The van der Waals surface area contributed by atoms with E-state index < -0.39 is 10.5 Å². The molecule has 100 valence electrons. The molecule has 0 aliphatic rings. The van der Waals surface area contributed by atoms with E-state index in [1.54, 1.807) is 13.1 Å². The summed E-state index contributed by atoms with van der Waals surface area (Å²) in [5.41, 5.74) is -0.331. The molecule has 18 heavy (non-hydrogen) atoms. The predicted octanol–water partition coefficient (Wildman–Crippen LogP) is 3.25. The Morgan fingerprint density at radius 2 is 2.06 bits per heavy atom. The maximum Gasteiger partial charge on any atom is 0.338 e. The van der Waals surface area contributed by atoms with E-state index in [-0.39, 0.29) is 5.69 Å². The molecule has 0 bridgehead atoms. The molecule has 0 unspecified atom stereocenters. The Morgan fingerprint density at radius 3 is 2.61 bits per heavy atom. The Hall–Kier alpha value is -0.920. The first-order valence-electron chi connectivity index (χ1n) is 6.03. The Kier molecular flexibility index (Phi) is 5.77. The summed E-state index contributed by atoms with van der Waals surface area (Å²) in [5.74, 6) is 0. The average molecular weight is 364 g/mol. The van der Waals surface area contributed by atoms with Gasteiger partial charge in [-0.15, -0.1) is 0 Å². The minimum absolute atomic E-state index is 0.294. The van der Waals surface area contributed by atoms with Crippen LogP contribution in [0.4, 0.5) is 5.69 Å². The van der Waals surface area contributed by atoms with E-state index in [1.807, 2.05) is 22.6 Å². The molecule has 0 spiro atoms.